The van der Waals surface area contributed by atoms with Crippen LogP contribution in [-0.2, 0) is 9.53 Å². The number of hydrogen-bond donors (Lipinski definition) is 1. The second-order valence-corrected chi connectivity index (χ2v) is 6.62. The van der Waals surface area contributed by atoms with E-state index in [-0.39, 0.29) is 17.7 Å². The van der Waals surface area contributed by atoms with E-state index in [1.807, 2.05) is 12.1 Å². The van der Waals surface area contributed by atoms with E-state index < -0.39 is 0 Å². The van der Waals surface area contributed by atoms with Crippen molar-refractivity contribution in [2.45, 2.75) is 6.42 Å². The van der Waals surface area contributed by atoms with Gasteiger partial charge in [-0.05, 0) is 18.6 Å². The van der Waals surface area contributed by atoms with Gasteiger partial charge in [0.1, 0.15) is 0 Å². The molecular weight excluding hydrogens is 325 g/mol. The third kappa shape index (κ3) is 2.37. The Bertz CT molecular complexity index is 648. The zero-order valence-corrected chi connectivity index (χ0v) is 13.3. The van der Waals surface area contributed by atoms with Gasteiger partial charge in [-0.2, -0.15) is 5.10 Å². The van der Waals surface area contributed by atoms with Crippen LogP contribution in [0.4, 0.5) is 5.69 Å². The first-order valence-corrected chi connectivity index (χ1v) is 8.10. The Hall–Kier alpha value is -1.30. The van der Waals surface area contributed by atoms with Crippen LogP contribution in [0.3, 0.4) is 0 Å². The molecule has 3 aliphatic rings. The molecule has 0 radical (unpaired) electrons. The van der Waals surface area contributed by atoms with Crippen LogP contribution in [0.5, 0.6) is 0 Å². The Kier molecular flexibility index (Phi) is 3.51. The predicted molar refractivity (Wildman–Crippen MR) is 85.8 cm³/mol. The number of halogens is 2. The third-order valence-electron chi connectivity index (χ3n) is 4.40. The molecule has 1 aromatic carbocycles. The molecule has 1 aliphatic carbocycles. The molecular formula is C15H15Cl2N3O2. The third-order valence-corrected chi connectivity index (χ3v) is 4.98. The molecule has 1 saturated heterocycles. The maximum Gasteiger partial charge on any atom is 0.243 e. The first-order chi connectivity index (χ1) is 10.6. The highest BCUT2D eigenvalue weighted by atomic mass is 35.5. The van der Waals surface area contributed by atoms with Crippen molar-refractivity contribution < 1.29 is 9.53 Å². The van der Waals surface area contributed by atoms with Crippen molar-refractivity contribution in [2.75, 3.05) is 31.2 Å². The molecule has 116 valence electrons. The molecule has 22 heavy (non-hydrogen) atoms. The zero-order valence-electron chi connectivity index (χ0n) is 11.8. The summed E-state index contributed by atoms with van der Waals surface area (Å²) >= 11 is 12.9. The van der Waals surface area contributed by atoms with Crippen LogP contribution in [0.25, 0.3) is 0 Å². The largest absolute Gasteiger partial charge is 0.378 e. The van der Waals surface area contributed by atoms with Crippen molar-refractivity contribution in [1.82, 2.24) is 5.43 Å². The van der Waals surface area contributed by atoms with Crippen LogP contribution < -0.4 is 10.3 Å². The van der Waals surface area contributed by atoms with Crippen LogP contribution in [0.2, 0.25) is 10.0 Å². The smallest absolute Gasteiger partial charge is 0.243 e. The fourth-order valence-corrected chi connectivity index (χ4v) is 3.88. The minimum absolute atomic E-state index is 0.0101. The van der Waals surface area contributed by atoms with Crippen LogP contribution in [-0.4, -0.2) is 37.9 Å². The van der Waals surface area contributed by atoms with Gasteiger partial charge >= 0.3 is 0 Å². The van der Waals surface area contributed by atoms with Crippen molar-refractivity contribution in [1.29, 1.82) is 0 Å². The number of anilines is 1. The molecule has 0 unspecified atom stereocenters. The minimum atomic E-state index is 0.0101. The lowest BCUT2D eigenvalue weighted by atomic mass is 10.0. The van der Waals surface area contributed by atoms with Gasteiger partial charge in [0.2, 0.25) is 5.91 Å². The summed E-state index contributed by atoms with van der Waals surface area (Å²) in [5, 5.41) is 5.42. The average Bonchev–Trinajstić information content (AvgIpc) is 3.29. The number of amides is 1. The highest BCUT2D eigenvalue weighted by Crippen LogP contribution is 2.45. The number of benzene rings is 1. The van der Waals surface area contributed by atoms with E-state index in [9.17, 15) is 4.79 Å². The molecule has 0 bridgehead atoms. The van der Waals surface area contributed by atoms with Crippen LogP contribution in [0.15, 0.2) is 17.2 Å². The van der Waals surface area contributed by atoms with Gasteiger partial charge < -0.3 is 9.64 Å². The Morgan fingerprint density at radius 1 is 1.18 bits per heavy atom. The van der Waals surface area contributed by atoms with Crippen LogP contribution >= 0.6 is 23.2 Å². The lowest BCUT2D eigenvalue weighted by Crippen LogP contribution is -2.36. The summed E-state index contributed by atoms with van der Waals surface area (Å²) < 4.78 is 5.36. The zero-order chi connectivity index (χ0) is 15.3. The van der Waals surface area contributed by atoms with E-state index in [1.54, 1.807) is 0 Å². The van der Waals surface area contributed by atoms with E-state index >= 15 is 0 Å². The fraction of sp³-hybridized carbons (Fsp3) is 0.467. The van der Waals surface area contributed by atoms with Gasteiger partial charge in [0.05, 0.1) is 34.7 Å². The summed E-state index contributed by atoms with van der Waals surface area (Å²) in [6, 6.07) is 3.79. The number of ether oxygens (including phenoxy) is 1. The minimum Gasteiger partial charge on any atom is -0.378 e. The number of hydrazone groups is 1. The lowest BCUT2D eigenvalue weighted by molar-refractivity contribution is -0.122. The first-order valence-electron chi connectivity index (χ1n) is 7.34. The molecule has 1 saturated carbocycles. The van der Waals surface area contributed by atoms with Gasteiger partial charge in [-0.15, -0.1) is 0 Å². The SMILES string of the molecule is O=C1NN=C(c2cc(Cl)c(N3CCOCC3)c(Cl)c2)[C@@H]2C[C@H]12. The Labute approximate surface area is 138 Å². The number of fused-ring (bicyclic) bond motifs is 1. The summed E-state index contributed by atoms with van der Waals surface area (Å²) in [6.45, 7) is 2.91. The maximum atomic E-state index is 11.5. The van der Waals surface area contributed by atoms with Crippen molar-refractivity contribution >= 4 is 40.5 Å². The molecule has 1 aromatic rings. The average molecular weight is 340 g/mol. The van der Waals surface area contributed by atoms with E-state index in [0.717, 1.165) is 36.5 Å². The molecule has 0 spiro atoms. The van der Waals surface area contributed by atoms with Gasteiger partial charge in [0, 0.05) is 30.5 Å². The lowest BCUT2D eigenvalue weighted by Gasteiger charge is -2.30. The normalized spacial score (nSPS) is 27.1. The Balaban J connectivity index is 1.67. The van der Waals surface area contributed by atoms with E-state index in [0.29, 0.717) is 23.3 Å². The summed E-state index contributed by atoms with van der Waals surface area (Å²) in [5.74, 6) is 0.273. The highest BCUT2D eigenvalue weighted by Gasteiger charge is 2.49. The summed E-state index contributed by atoms with van der Waals surface area (Å²) in [6.07, 6.45) is 0.852. The molecule has 1 N–H and O–H groups in total. The van der Waals surface area contributed by atoms with Gasteiger partial charge in [0.15, 0.2) is 0 Å². The first kappa shape index (κ1) is 14.3. The number of morpholine rings is 1. The fourth-order valence-electron chi connectivity index (χ4n) is 3.15. The molecule has 2 fully saturated rings. The quantitative estimate of drug-likeness (QED) is 0.899. The van der Waals surface area contributed by atoms with E-state index in [1.165, 1.54) is 0 Å². The highest BCUT2D eigenvalue weighted by molar-refractivity contribution is 6.40. The number of nitrogens with one attached hydrogen (secondary N) is 1. The molecule has 2 heterocycles. The molecule has 1 amide bonds. The Morgan fingerprint density at radius 2 is 1.86 bits per heavy atom. The topological polar surface area (TPSA) is 53.9 Å². The molecule has 0 aromatic heterocycles. The molecule has 2 aliphatic heterocycles. The number of carbonyl (C=O) groups is 1. The van der Waals surface area contributed by atoms with Gasteiger partial charge in [0.25, 0.3) is 0 Å². The number of hydrogen-bond acceptors (Lipinski definition) is 4. The second-order valence-electron chi connectivity index (χ2n) is 5.81. The number of carbonyl (C=O) groups excluding carboxylic acids is 1. The predicted octanol–water partition coefficient (Wildman–Crippen LogP) is 2.30. The molecule has 7 heteroatoms. The van der Waals surface area contributed by atoms with Crippen molar-refractivity contribution in [3.05, 3.63) is 27.7 Å². The van der Waals surface area contributed by atoms with Gasteiger partial charge in [-0.3, -0.25) is 4.79 Å². The number of nitrogens with zero attached hydrogens (tertiary/aromatic N) is 2. The van der Waals surface area contributed by atoms with E-state index in [2.05, 4.69) is 15.4 Å². The number of rotatable bonds is 2. The molecule has 4 rings (SSSR count). The maximum absolute atomic E-state index is 11.5. The van der Waals surface area contributed by atoms with Gasteiger partial charge in [-0.1, -0.05) is 23.2 Å². The molecule has 5 nitrogen and oxygen atoms in total. The summed E-state index contributed by atoms with van der Waals surface area (Å²) in [5.41, 5.74) is 5.19. The summed E-state index contributed by atoms with van der Waals surface area (Å²) in [7, 11) is 0. The monoisotopic (exact) mass is 339 g/mol. The van der Waals surface area contributed by atoms with Crippen molar-refractivity contribution in [3.8, 4) is 0 Å². The Morgan fingerprint density at radius 3 is 2.55 bits per heavy atom. The molecule has 2 atom stereocenters. The van der Waals surface area contributed by atoms with Crippen LogP contribution in [0.1, 0.15) is 12.0 Å². The summed E-state index contributed by atoms with van der Waals surface area (Å²) in [4.78, 5) is 13.7. The van der Waals surface area contributed by atoms with Crippen LogP contribution in [0, 0.1) is 11.8 Å². The van der Waals surface area contributed by atoms with Gasteiger partial charge in [-0.25, -0.2) is 5.43 Å². The van der Waals surface area contributed by atoms with Crippen molar-refractivity contribution in [3.63, 3.8) is 0 Å². The second kappa shape index (κ2) is 5.41. The standard InChI is InChI=1S/C15H15Cl2N3O2/c16-11-5-8(13-9-7-10(9)15(21)19-18-13)6-12(17)14(11)20-1-3-22-4-2-20/h5-6,9-10H,1-4,7H2,(H,19,21)/t9-,10+/m1/s1. The van der Waals surface area contributed by atoms with Crippen molar-refractivity contribution in [2.24, 2.45) is 16.9 Å². The van der Waals surface area contributed by atoms with E-state index in [4.69, 9.17) is 27.9 Å².